The molecule has 0 saturated heterocycles. The van der Waals surface area contributed by atoms with Crippen molar-refractivity contribution in [2.45, 2.75) is 13.0 Å². The molecule has 0 unspecified atom stereocenters. The average Bonchev–Trinajstić information content (AvgIpc) is 2.14. The second kappa shape index (κ2) is 4.34. The molecule has 0 aliphatic carbocycles. The number of hydrogen-bond acceptors (Lipinski definition) is 2. The Kier molecular flexibility index (Phi) is 4.52. The van der Waals surface area contributed by atoms with Gasteiger partial charge in [-0.05, 0) is 28.9 Å². The van der Waals surface area contributed by atoms with E-state index < -0.39 is 0 Å². The Balaban J connectivity index is 0.000000810. The van der Waals surface area contributed by atoms with E-state index >= 15 is 0 Å². The molecule has 10 heavy (non-hydrogen) atoms. The van der Waals surface area contributed by atoms with Crippen molar-refractivity contribution in [1.29, 1.82) is 0 Å². The predicted octanol–water partition coefficient (Wildman–Crippen LogP) is 2.95. The van der Waals surface area contributed by atoms with Crippen LogP contribution < -0.4 is 5.73 Å². The fourth-order valence-corrected chi connectivity index (χ4v) is 1.97. The minimum Gasteiger partial charge on any atom is -0.324 e. The van der Waals surface area contributed by atoms with Crippen LogP contribution in [-0.4, -0.2) is 0 Å². The molecule has 0 amide bonds. The lowest BCUT2D eigenvalue weighted by molar-refractivity contribution is 0.838. The maximum atomic E-state index is 5.62. The second-order valence-corrected chi connectivity index (χ2v) is 3.81. The van der Waals surface area contributed by atoms with Gasteiger partial charge < -0.3 is 5.73 Å². The molecule has 0 aromatic carbocycles. The SMILES string of the molecule is C[C@H](N)c1cc(Br)cs1.Cl. The van der Waals surface area contributed by atoms with Crippen molar-refractivity contribution in [2.24, 2.45) is 5.73 Å². The maximum Gasteiger partial charge on any atom is 0.0361 e. The zero-order valence-corrected chi connectivity index (χ0v) is 8.72. The van der Waals surface area contributed by atoms with E-state index in [0.29, 0.717) is 0 Å². The standard InChI is InChI=1S/C6H8BrNS.ClH/c1-4(8)6-2-5(7)3-9-6;/h2-4H,8H2,1H3;1H/t4-;/m0./s1. The van der Waals surface area contributed by atoms with Gasteiger partial charge in [0.25, 0.3) is 0 Å². The summed E-state index contributed by atoms with van der Waals surface area (Å²) in [4.78, 5) is 1.22. The largest absolute Gasteiger partial charge is 0.324 e. The fraction of sp³-hybridized carbons (Fsp3) is 0.333. The fourth-order valence-electron chi connectivity index (χ4n) is 0.567. The van der Waals surface area contributed by atoms with Crippen LogP contribution in [0.25, 0.3) is 0 Å². The summed E-state index contributed by atoms with van der Waals surface area (Å²) in [5, 5.41) is 2.04. The summed E-state index contributed by atoms with van der Waals surface area (Å²) in [7, 11) is 0. The molecule has 0 radical (unpaired) electrons. The third-order valence-corrected chi connectivity index (χ3v) is 2.93. The highest BCUT2D eigenvalue weighted by molar-refractivity contribution is 9.10. The molecule has 4 heteroatoms. The average molecular weight is 243 g/mol. The summed E-state index contributed by atoms with van der Waals surface area (Å²) in [6, 6.07) is 2.22. The summed E-state index contributed by atoms with van der Waals surface area (Å²) in [5.41, 5.74) is 5.62. The third-order valence-electron chi connectivity index (χ3n) is 1.04. The lowest BCUT2D eigenvalue weighted by Gasteiger charge is -1.96. The van der Waals surface area contributed by atoms with Crippen LogP contribution in [0.5, 0.6) is 0 Å². The van der Waals surface area contributed by atoms with Gasteiger partial charge in [0.05, 0.1) is 0 Å². The molecule has 0 spiro atoms. The van der Waals surface area contributed by atoms with Gasteiger partial charge in [0.2, 0.25) is 0 Å². The Labute approximate surface area is 79.2 Å². The highest BCUT2D eigenvalue weighted by atomic mass is 79.9. The summed E-state index contributed by atoms with van der Waals surface area (Å²) in [6.45, 7) is 1.98. The number of rotatable bonds is 1. The van der Waals surface area contributed by atoms with Gasteiger partial charge in [-0.3, -0.25) is 0 Å². The van der Waals surface area contributed by atoms with Crippen molar-refractivity contribution < 1.29 is 0 Å². The first-order chi connectivity index (χ1) is 4.20. The number of halogens is 2. The molecule has 1 heterocycles. The smallest absolute Gasteiger partial charge is 0.0361 e. The van der Waals surface area contributed by atoms with Crippen LogP contribution in [0.15, 0.2) is 15.9 Å². The molecule has 1 rings (SSSR count). The van der Waals surface area contributed by atoms with Gasteiger partial charge in [-0.25, -0.2) is 0 Å². The molecule has 0 saturated carbocycles. The second-order valence-electron chi connectivity index (χ2n) is 1.96. The molecule has 1 nitrogen and oxygen atoms in total. The first-order valence-corrected chi connectivity index (χ1v) is 4.37. The molecule has 1 aromatic heterocycles. The van der Waals surface area contributed by atoms with E-state index in [9.17, 15) is 0 Å². The van der Waals surface area contributed by atoms with E-state index in [-0.39, 0.29) is 18.4 Å². The molecular formula is C6H9BrClNS. The topological polar surface area (TPSA) is 26.0 Å². The van der Waals surface area contributed by atoms with Crippen molar-refractivity contribution in [2.75, 3.05) is 0 Å². The third kappa shape index (κ3) is 2.58. The molecule has 0 aliphatic heterocycles. The lowest BCUT2D eigenvalue weighted by Crippen LogP contribution is -2.01. The van der Waals surface area contributed by atoms with Gasteiger partial charge in [-0.1, -0.05) is 0 Å². The number of thiophene rings is 1. The van der Waals surface area contributed by atoms with E-state index in [1.807, 2.05) is 12.3 Å². The maximum absolute atomic E-state index is 5.62. The first kappa shape index (κ1) is 10.4. The van der Waals surface area contributed by atoms with E-state index in [1.165, 1.54) is 4.88 Å². The van der Waals surface area contributed by atoms with Crippen LogP contribution in [0.3, 0.4) is 0 Å². The Morgan fingerprint density at radius 3 is 2.50 bits per heavy atom. The van der Waals surface area contributed by atoms with E-state index in [4.69, 9.17) is 5.73 Å². The van der Waals surface area contributed by atoms with E-state index in [1.54, 1.807) is 11.3 Å². The Morgan fingerprint density at radius 2 is 2.30 bits per heavy atom. The molecule has 2 N–H and O–H groups in total. The normalized spacial score (nSPS) is 12.3. The van der Waals surface area contributed by atoms with Crippen molar-refractivity contribution in [3.8, 4) is 0 Å². The van der Waals surface area contributed by atoms with Crippen molar-refractivity contribution >= 4 is 39.7 Å². The highest BCUT2D eigenvalue weighted by Gasteiger charge is 2.00. The minimum absolute atomic E-state index is 0. The first-order valence-electron chi connectivity index (χ1n) is 2.69. The molecule has 0 fully saturated rings. The van der Waals surface area contributed by atoms with Crippen molar-refractivity contribution in [3.05, 3.63) is 20.8 Å². The Hall–Kier alpha value is 0.430. The molecule has 1 aromatic rings. The van der Waals surface area contributed by atoms with E-state index in [0.717, 1.165) is 4.47 Å². The van der Waals surface area contributed by atoms with E-state index in [2.05, 4.69) is 22.0 Å². The number of hydrogen-bond donors (Lipinski definition) is 1. The predicted molar refractivity (Wildman–Crippen MR) is 51.9 cm³/mol. The molecule has 0 aliphatic rings. The van der Waals surface area contributed by atoms with Crippen LogP contribution in [0, 0.1) is 0 Å². The Bertz CT molecular complexity index is 199. The molecule has 1 atom stereocenters. The Morgan fingerprint density at radius 1 is 1.70 bits per heavy atom. The van der Waals surface area contributed by atoms with Gasteiger partial charge in [-0.15, -0.1) is 23.7 Å². The van der Waals surface area contributed by atoms with Gasteiger partial charge >= 0.3 is 0 Å². The van der Waals surface area contributed by atoms with Crippen molar-refractivity contribution in [3.63, 3.8) is 0 Å². The van der Waals surface area contributed by atoms with Gasteiger partial charge in [0.1, 0.15) is 0 Å². The zero-order chi connectivity index (χ0) is 6.85. The highest BCUT2D eigenvalue weighted by Crippen LogP contribution is 2.23. The molecule has 0 bridgehead atoms. The van der Waals surface area contributed by atoms with Crippen LogP contribution in [-0.2, 0) is 0 Å². The van der Waals surface area contributed by atoms with Crippen LogP contribution in [0.4, 0.5) is 0 Å². The van der Waals surface area contributed by atoms with Crippen molar-refractivity contribution in [1.82, 2.24) is 0 Å². The summed E-state index contributed by atoms with van der Waals surface area (Å²) >= 11 is 5.04. The molecular weight excluding hydrogens is 233 g/mol. The molecule has 58 valence electrons. The minimum atomic E-state index is 0. The van der Waals surface area contributed by atoms with Crippen LogP contribution >= 0.6 is 39.7 Å². The number of nitrogens with two attached hydrogens (primary N) is 1. The summed E-state index contributed by atoms with van der Waals surface area (Å²) < 4.78 is 1.12. The monoisotopic (exact) mass is 241 g/mol. The van der Waals surface area contributed by atoms with Gasteiger partial charge in [0.15, 0.2) is 0 Å². The zero-order valence-electron chi connectivity index (χ0n) is 5.50. The van der Waals surface area contributed by atoms with Gasteiger partial charge in [0, 0.05) is 20.8 Å². The van der Waals surface area contributed by atoms with Crippen LogP contribution in [0.2, 0.25) is 0 Å². The van der Waals surface area contributed by atoms with Gasteiger partial charge in [-0.2, -0.15) is 0 Å². The summed E-state index contributed by atoms with van der Waals surface area (Å²) in [5.74, 6) is 0. The van der Waals surface area contributed by atoms with Crippen LogP contribution in [0.1, 0.15) is 17.8 Å². The summed E-state index contributed by atoms with van der Waals surface area (Å²) in [6.07, 6.45) is 0. The lowest BCUT2D eigenvalue weighted by atomic mass is 10.3. The quantitative estimate of drug-likeness (QED) is 0.805.